The minimum absolute atomic E-state index is 0.135. The topological polar surface area (TPSA) is 76.4 Å². The Bertz CT molecular complexity index is 1030. The van der Waals surface area contributed by atoms with Crippen LogP contribution in [0.1, 0.15) is 48.7 Å². The van der Waals surface area contributed by atoms with Crippen LogP contribution in [0.5, 0.6) is 0 Å². The number of fused-ring (bicyclic) bond motifs is 1. The number of benzene rings is 2. The van der Waals surface area contributed by atoms with Crippen molar-refractivity contribution in [1.82, 2.24) is 0 Å². The van der Waals surface area contributed by atoms with Crippen molar-refractivity contribution in [2.75, 3.05) is 0 Å². The molecule has 0 unspecified atom stereocenters. The van der Waals surface area contributed by atoms with E-state index in [1.807, 2.05) is 0 Å². The van der Waals surface area contributed by atoms with E-state index in [-0.39, 0.29) is 12.0 Å². The molecule has 0 amide bonds. The summed E-state index contributed by atoms with van der Waals surface area (Å²) in [5.41, 5.74) is -0.806. The van der Waals surface area contributed by atoms with Crippen LogP contribution >= 0.6 is 11.6 Å². The van der Waals surface area contributed by atoms with Gasteiger partial charge in [-0.05, 0) is 50.6 Å². The van der Waals surface area contributed by atoms with Crippen LogP contribution in [0.25, 0.3) is 6.08 Å². The summed E-state index contributed by atoms with van der Waals surface area (Å²) in [6.45, 7) is 5.20. The lowest BCUT2D eigenvalue weighted by Crippen LogP contribution is -2.42. The standard InChI is InChI=1S/C23H20ClNO4/c1-22(2,3)29-21(27)23(19-7-5-4-6-18(19)20(26)28-23)13-16(14-25)12-15-8-10-17(24)11-9-15/h4-12H,13H2,1-3H3/b16-12-/t23-/m0/s1. The SMILES string of the molecule is CC(C)(C)OC(=O)[C@@]1(C/C(C#N)=C/c2ccc(Cl)cc2)OC(=O)c2ccccc21. The van der Waals surface area contributed by atoms with Crippen LogP contribution in [-0.2, 0) is 19.9 Å². The maximum atomic E-state index is 13.2. The van der Waals surface area contributed by atoms with E-state index in [9.17, 15) is 14.9 Å². The molecule has 1 heterocycles. The third kappa shape index (κ3) is 4.33. The summed E-state index contributed by atoms with van der Waals surface area (Å²) >= 11 is 5.91. The Morgan fingerprint density at radius 2 is 1.86 bits per heavy atom. The van der Waals surface area contributed by atoms with Crippen LogP contribution in [0.15, 0.2) is 54.1 Å². The van der Waals surface area contributed by atoms with E-state index in [0.29, 0.717) is 16.1 Å². The zero-order valence-corrected chi connectivity index (χ0v) is 17.1. The summed E-state index contributed by atoms with van der Waals surface area (Å²) in [7, 11) is 0. The highest BCUT2D eigenvalue weighted by Crippen LogP contribution is 2.43. The van der Waals surface area contributed by atoms with Crippen LogP contribution in [0.3, 0.4) is 0 Å². The molecule has 5 nitrogen and oxygen atoms in total. The quantitative estimate of drug-likeness (QED) is 0.522. The Kier molecular flexibility index (Phi) is 5.50. The third-order valence-corrected chi connectivity index (χ3v) is 4.62. The highest BCUT2D eigenvalue weighted by molar-refractivity contribution is 6.30. The Morgan fingerprint density at radius 3 is 2.48 bits per heavy atom. The van der Waals surface area contributed by atoms with Crippen molar-refractivity contribution in [2.45, 2.75) is 38.4 Å². The number of carbonyl (C=O) groups is 2. The minimum atomic E-state index is -1.71. The van der Waals surface area contributed by atoms with Crippen LogP contribution in [0.2, 0.25) is 5.02 Å². The Balaban J connectivity index is 2.07. The maximum Gasteiger partial charge on any atom is 0.356 e. The van der Waals surface area contributed by atoms with Gasteiger partial charge in [0.05, 0.1) is 11.6 Å². The van der Waals surface area contributed by atoms with E-state index >= 15 is 0 Å². The van der Waals surface area contributed by atoms with Crippen LogP contribution in [-0.4, -0.2) is 17.5 Å². The number of rotatable bonds is 4. The van der Waals surface area contributed by atoms with Gasteiger partial charge < -0.3 is 9.47 Å². The zero-order valence-electron chi connectivity index (χ0n) is 16.4. The number of nitrogens with zero attached hydrogens (tertiary/aromatic N) is 1. The molecule has 1 aliphatic rings. The molecule has 0 fully saturated rings. The van der Waals surface area contributed by atoms with Crippen molar-refractivity contribution in [3.63, 3.8) is 0 Å². The second-order valence-corrected chi connectivity index (χ2v) is 8.21. The van der Waals surface area contributed by atoms with Crippen molar-refractivity contribution >= 4 is 29.6 Å². The first-order chi connectivity index (χ1) is 13.6. The van der Waals surface area contributed by atoms with E-state index in [2.05, 4.69) is 6.07 Å². The van der Waals surface area contributed by atoms with E-state index in [1.165, 1.54) is 0 Å². The van der Waals surface area contributed by atoms with Gasteiger partial charge in [-0.2, -0.15) is 5.26 Å². The average molecular weight is 410 g/mol. The molecule has 29 heavy (non-hydrogen) atoms. The van der Waals surface area contributed by atoms with Gasteiger partial charge >= 0.3 is 11.9 Å². The van der Waals surface area contributed by atoms with E-state index in [0.717, 1.165) is 5.56 Å². The smallest absolute Gasteiger partial charge is 0.356 e. The van der Waals surface area contributed by atoms with Gasteiger partial charge in [0.15, 0.2) is 0 Å². The predicted molar refractivity (Wildman–Crippen MR) is 109 cm³/mol. The Morgan fingerprint density at radius 1 is 1.21 bits per heavy atom. The summed E-state index contributed by atoms with van der Waals surface area (Å²) in [4.78, 5) is 25.7. The normalized spacial score (nSPS) is 18.6. The predicted octanol–water partition coefficient (Wildman–Crippen LogP) is 5.04. The lowest BCUT2D eigenvalue weighted by molar-refractivity contribution is -0.177. The summed E-state index contributed by atoms with van der Waals surface area (Å²) in [6, 6.07) is 15.7. The first kappa shape index (κ1) is 20.6. The number of nitriles is 1. The van der Waals surface area contributed by atoms with Gasteiger partial charge in [0, 0.05) is 22.6 Å². The number of ether oxygens (including phenoxy) is 2. The van der Waals surface area contributed by atoms with Gasteiger partial charge in [-0.3, -0.25) is 0 Å². The molecule has 0 bridgehead atoms. The average Bonchev–Trinajstić information content (AvgIpc) is 2.95. The monoisotopic (exact) mass is 409 g/mol. The molecule has 3 rings (SSSR count). The fourth-order valence-electron chi connectivity index (χ4n) is 3.15. The van der Waals surface area contributed by atoms with Gasteiger partial charge in [0.1, 0.15) is 5.60 Å². The number of carbonyl (C=O) groups excluding carboxylic acids is 2. The molecule has 0 saturated carbocycles. The molecule has 6 heteroatoms. The van der Waals surface area contributed by atoms with Crippen LogP contribution in [0.4, 0.5) is 0 Å². The number of halogens is 1. The van der Waals surface area contributed by atoms with Gasteiger partial charge in [0.2, 0.25) is 5.60 Å². The Hall–Kier alpha value is -3.10. The first-order valence-electron chi connectivity index (χ1n) is 9.07. The second kappa shape index (κ2) is 7.73. The number of esters is 2. The fraction of sp³-hybridized carbons (Fsp3) is 0.261. The van der Waals surface area contributed by atoms with Crippen molar-refractivity contribution in [3.05, 3.63) is 75.8 Å². The van der Waals surface area contributed by atoms with Gasteiger partial charge in [-0.1, -0.05) is 41.9 Å². The zero-order chi connectivity index (χ0) is 21.2. The largest absolute Gasteiger partial charge is 0.457 e. The van der Waals surface area contributed by atoms with Gasteiger partial charge in [0.25, 0.3) is 0 Å². The molecule has 2 aromatic carbocycles. The molecule has 0 saturated heterocycles. The molecule has 1 aliphatic heterocycles. The fourth-order valence-corrected chi connectivity index (χ4v) is 3.27. The van der Waals surface area contributed by atoms with Crippen molar-refractivity contribution in [1.29, 1.82) is 5.26 Å². The molecule has 0 aromatic heterocycles. The van der Waals surface area contributed by atoms with Crippen molar-refractivity contribution in [2.24, 2.45) is 0 Å². The molecule has 2 aromatic rings. The second-order valence-electron chi connectivity index (χ2n) is 7.77. The van der Waals surface area contributed by atoms with Crippen LogP contribution in [0, 0.1) is 11.3 Å². The molecule has 0 radical (unpaired) electrons. The summed E-state index contributed by atoms with van der Waals surface area (Å²) in [6.07, 6.45) is 1.50. The molecule has 0 aliphatic carbocycles. The molecular formula is C23H20ClNO4. The van der Waals surface area contributed by atoms with Gasteiger partial charge in [-0.25, -0.2) is 9.59 Å². The highest BCUT2D eigenvalue weighted by Gasteiger charge is 2.54. The molecule has 0 N–H and O–H groups in total. The van der Waals surface area contributed by atoms with Crippen molar-refractivity contribution in [3.8, 4) is 6.07 Å². The summed E-state index contributed by atoms with van der Waals surface area (Å²) < 4.78 is 11.2. The molecular weight excluding hydrogens is 390 g/mol. The highest BCUT2D eigenvalue weighted by atomic mass is 35.5. The van der Waals surface area contributed by atoms with Crippen molar-refractivity contribution < 1.29 is 19.1 Å². The summed E-state index contributed by atoms with van der Waals surface area (Å²) in [5.74, 6) is -1.32. The van der Waals surface area contributed by atoms with Crippen LogP contribution < -0.4 is 0 Å². The minimum Gasteiger partial charge on any atom is -0.457 e. The molecule has 0 spiro atoms. The molecule has 148 valence electrons. The number of cyclic esters (lactones) is 1. The molecule has 1 atom stereocenters. The van der Waals surface area contributed by atoms with E-state index < -0.39 is 23.1 Å². The maximum absolute atomic E-state index is 13.2. The summed E-state index contributed by atoms with van der Waals surface area (Å²) in [5, 5.41) is 10.3. The van der Waals surface area contributed by atoms with Gasteiger partial charge in [-0.15, -0.1) is 0 Å². The first-order valence-corrected chi connectivity index (χ1v) is 9.45. The van der Waals surface area contributed by atoms with E-state index in [4.69, 9.17) is 21.1 Å². The Labute approximate surface area is 174 Å². The number of hydrogen-bond donors (Lipinski definition) is 0. The van der Waals surface area contributed by atoms with E-state index in [1.54, 1.807) is 75.4 Å². The lowest BCUT2D eigenvalue weighted by atomic mass is 9.85. The third-order valence-electron chi connectivity index (χ3n) is 4.37. The number of hydrogen-bond acceptors (Lipinski definition) is 5. The lowest BCUT2D eigenvalue weighted by Gasteiger charge is -2.30.